The third-order valence-corrected chi connectivity index (χ3v) is 4.28. The Morgan fingerprint density at radius 2 is 2.36 bits per heavy atom. The Hall–Kier alpha value is 0.650. The second kappa shape index (κ2) is 4.05. The van der Waals surface area contributed by atoms with E-state index in [4.69, 9.17) is 0 Å². The van der Waals surface area contributed by atoms with Crippen LogP contribution in [0.2, 0.25) is 0 Å². The molecule has 0 N–H and O–H groups in total. The zero-order valence-corrected chi connectivity index (χ0v) is 10.6. The van der Waals surface area contributed by atoms with Gasteiger partial charge in [-0.2, -0.15) is 5.10 Å². The van der Waals surface area contributed by atoms with Crippen LogP contribution in [0.25, 0.3) is 0 Å². The third kappa shape index (κ3) is 2.29. The Labute approximate surface area is 90.7 Å². The van der Waals surface area contributed by atoms with Crippen molar-refractivity contribution in [2.24, 2.45) is 0 Å². The summed E-state index contributed by atoms with van der Waals surface area (Å²) in [4.78, 5) is 0.229. The first-order valence-corrected chi connectivity index (χ1v) is 5.89. The summed E-state index contributed by atoms with van der Waals surface area (Å²) >= 11 is 10.2. The number of hydrogen-bond donors (Lipinski definition) is 0. The lowest BCUT2D eigenvalue weighted by molar-refractivity contribution is 0.655. The van der Waals surface area contributed by atoms with E-state index in [0.29, 0.717) is 0 Å². The fraction of sp³-hybridized carbons (Fsp3) is 0.500. The average Bonchev–Trinajstić information content (AvgIpc) is 2.31. The first-order valence-electron chi connectivity index (χ1n) is 3.06. The van der Waals surface area contributed by atoms with Crippen molar-refractivity contribution in [2.75, 3.05) is 5.33 Å². The molecule has 0 radical (unpaired) electrons. The minimum absolute atomic E-state index is 0.229. The van der Waals surface area contributed by atoms with Crippen molar-refractivity contribution >= 4 is 47.8 Å². The van der Waals surface area contributed by atoms with E-state index < -0.39 is 0 Å². The molecule has 0 aliphatic carbocycles. The highest BCUT2D eigenvalue weighted by molar-refractivity contribution is 9.12. The van der Waals surface area contributed by atoms with Crippen LogP contribution in [0.5, 0.6) is 0 Å². The van der Waals surface area contributed by atoms with Gasteiger partial charge < -0.3 is 0 Å². The van der Waals surface area contributed by atoms with Gasteiger partial charge in [-0.15, -0.1) is 0 Å². The Kier molecular flexibility index (Phi) is 3.58. The Morgan fingerprint density at radius 3 is 2.73 bits per heavy atom. The van der Waals surface area contributed by atoms with Gasteiger partial charge in [0.25, 0.3) is 0 Å². The number of aromatic nitrogens is 2. The number of halogens is 3. The van der Waals surface area contributed by atoms with Crippen LogP contribution in [0.4, 0.5) is 0 Å². The third-order valence-electron chi connectivity index (χ3n) is 1.27. The van der Waals surface area contributed by atoms with Gasteiger partial charge in [0.15, 0.2) is 0 Å². The lowest BCUT2D eigenvalue weighted by atomic mass is 10.5. The first-order chi connectivity index (χ1) is 5.15. The zero-order valence-electron chi connectivity index (χ0n) is 5.89. The van der Waals surface area contributed by atoms with E-state index in [2.05, 4.69) is 52.9 Å². The van der Waals surface area contributed by atoms with Crippen LogP contribution in [0.3, 0.4) is 0 Å². The molecule has 1 rings (SSSR count). The number of hydrogen-bond acceptors (Lipinski definition) is 1. The molecule has 2 nitrogen and oxygen atoms in total. The van der Waals surface area contributed by atoms with E-state index in [1.807, 2.05) is 17.8 Å². The molecular formula is C6H7Br3N2. The Morgan fingerprint density at radius 1 is 1.73 bits per heavy atom. The van der Waals surface area contributed by atoms with E-state index in [-0.39, 0.29) is 4.95 Å². The molecule has 0 spiro atoms. The summed E-state index contributed by atoms with van der Waals surface area (Å²) in [6.45, 7) is 1.97. The molecule has 0 aliphatic rings. The lowest BCUT2D eigenvalue weighted by Gasteiger charge is -2.04. The molecule has 0 aromatic carbocycles. The fourth-order valence-electron chi connectivity index (χ4n) is 0.674. The molecule has 0 fully saturated rings. The molecule has 0 bridgehead atoms. The van der Waals surface area contributed by atoms with Crippen LogP contribution in [0, 0.1) is 6.92 Å². The van der Waals surface area contributed by atoms with Crippen LogP contribution in [0.15, 0.2) is 10.7 Å². The van der Waals surface area contributed by atoms with Gasteiger partial charge in [0, 0.05) is 11.5 Å². The van der Waals surface area contributed by atoms with Gasteiger partial charge in [-0.1, -0.05) is 31.9 Å². The zero-order chi connectivity index (χ0) is 8.43. The van der Waals surface area contributed by atoms with E-state index in [9.17, 15) is 0 Å². The highest BCUT2D eigenvalue weighted by Crippen LogP contribution is 2.21. The van der Waals surface area contributed by atoms with E-state index in [0.717, 1.165) is 15.5 Å². The van der Waals surface area contributed by atoms with Crippen molar-refractivity contribution in [1.82, 2.24) is 9.78 Å². The van der Waals surface area contributed by atoms with Crippen molar-refractivity contribution in [3.05, 3.63) is 16.4 Å². The summed E-state index contributed by atoms with van der Waals surface area (Å²) in [5, 5.41) is 5.12. The molecule has 11 heavy (non-hydrogen) atoms. The molecule has 5 heteroatoms. The van der Waals surface area contributed by atoms with Crippen molar-refractivity contribution in [2.45, 2.75) is 11.9 Å². The topological polar surface area (TPSA) is 17.8 Å². The normalized spacial score (nSPS) is 13.5. The number of rotatable bonds is 2. The maximum absolute atomic E-state index is 4.27. The molecule has 0 saturated carbocycles. The average molecular weight is 347 g/mol. The maximum atomic E-state index is 4.27. The molecule has 0 saturated heterocycles. The SMILES string of the molecule is Cc1nn(C(Br)CBr)cc1Br. The predicted molar refractivity (Wildman–Crippen MR) is 56.4 cm³/mol. The van der Waals surface area contributed by atoms with Crippen molar-refractivity contribution in [3.63, 3.8) is 0 Å². The summed E-state index contributed by atoms with van der Waals surface area (Å²) in [5.41, 5.74) is 1.01. The van der Waals surface area contributed by atoms with E-state index in [1.165, 1.54) is 0 Å². The number of nitrogens with zero attached hydrogens (tertiary/aromatic N) is 2. The summed E-state index contributed by atoms with van der Waals surface area (Å²) in [6, 6.07) is 0. The summed E-state index contributed by atoms with van der Waals surface area (Å²) < 4.78 is 2.91. The molecular weight excluding hydrogens is 340 g/mol. The molecule has 0 aliphatic heterocycles. The van der Waals surface area contributed by atoms with E-state index >= 15 is 0 Å². The second-order valence-electron chi connectivity index (χ2n) is 2.13. The minimum Gasteiger partial charge on any atom is -0.257 e. The van der Waals surface area contributed by atoms with Crippen molar-refractivity contribution in [1.29, 1.82) is 0 Å². The maximum Gasteiger partial charge on any atom is 0.116 e. The van der Waals surface area contributed by atoms with Crippen molar-refractivity contribution in [3.8, 4) is 0 Å². The van der Waals surface area contributed by atoms with Crippen molar-refractivity contribution < 1.29 is 0 Å². The Balaban J connectivity index is 2.88. The molecule has 1 aromatic rings. The molecule has 1 heterocycles. The molecule has 1 aromatic heterocycles. The predicted octanol–water partition coefficient (Wildman–Crippen LogP) is 3.24. The van der Waals surface area contributed by atoms with Gasteiger partial charge in [0.2, 0.25) is 0 Å². The minimum atomic E-state index is 0.229. The van der Waals surface area contributed by atoms with Gasteiger partial charge in [-0.25, -0.2) is 0 Å². The molecule has 0 amide bonds. The highest BCUT2D eigenvalue weighted by atomic mass is 79.9. The lowest BCUT2D eigenvalue weighted by Crippen LogP contribution is -2.03. The molecule has 1 atom stereocenters. The van der Waals surface area contributed by atoms with Crippen LogP contribution >= 0.6 is 47.8 Å². The summed E-state index contributed by atoms with van der Waals surface area (Å²) in [7, 11) is 0. The Bertz CT molecular complexity index is 226. The van der Waals surface area contributed by atoms with Gasteiger partial charge in [-0.3, -0.25) is 4.68 Å². The quantitative estimate of drug-likeness (QED) is 0.752. The molecule has 62 valence electrons. The first kappa shape index (κ1) is 9.74. The molecule has 1 unspecified atom stereocenters. The van der Waals surface area contributed by atoms with Gasteiger partial charge in [-0.05, 0) is 22.9 Å². The highest BCUT2D eigenvalue weighted by Gasteiger charge is 2.07. The standard InChI is InChI=1S/C6H7Br3N2/c1-4-5(8)3-11(10-4)6(9)2-7/h3,6H,2H2,1H3. The monoisotopic (exact) mass is 344 g/mol. The second-order valence-corrected chi connectivity index (χ2v) is 4.69. The smallest absolute Gasteiger partial charge is 0.116 e. The van der Waals surface area contributed by atoms with Gasteiger partial charge in [0.1, 0.15) is 4.95 Å². The van der Waals surface area contributed by atoms with Crippen LogP contribution in [-0.2, 0) is 0 Å². The fourth-order valence-corrected chi connectivity index (χ4v) is 1.47. The van der Waals surface area contributed by atoms with Crippen LogP contribution in [0.1, 0.15) is 10.6 Å². The summed E-state index contributed by atoms with van der Waals surface area (Å²) in [5.74, 6) is 0. The van der Waals surface area contributed by atoms with Crippen LogP contribution in [-0.4, -0.2) is 15.1 Å². The van der Waals surface area contributed by atoms with E-state index in [1.54, 1.807) is 0 Å². The van der Waals surface area contributed by atoms with Crippen LogP contribution < -0.4 is 0 Å². The number of aryl methyl sites for hydroxylation is 1. The largest absolute Gasteiger partial charge is 0.257 e. The van der Waals surface area contributed by atoms with Gasteiger partial charge in [0.05, 0.1) is 10.2 Å². The van der Waals surface area contributed by atoms with Gasteiger partial charge >= 0.3 is 0 Å². The summed E-state index contributed by atoms with van der Waals surface area (Å²) in [6.07, 6.45) is 1.95. The number of alkyl halides is 2.